The third-order valence-corrected chi connectivity index (χ3v) is 3.14. The molecule has 0 saturated heterocycles. The Kier molecular flexibility index (Phi) is 3.06. The summed E-state index contributed by atoms with van der Waals surface area (Å²) in [6, 6.07) is 5.90. The number of benzene rings is 1. The Hall–Kier alpha value is -1.22. The van der Waals surface area contributed by atoms with Gasteiger partial charge in [-0.25, -0.2) is 0 Å². The van der Waals surface area contributed by atoms with Crippen molar-refractivity contribution in [2.45, 2.75) is 25.2 Å². The van der Waals surface area contributed by atoms with E-state index >= 15 is 0 Å². The molecule has 1 saturated carbocycles. The first-order chi connectivity index (χ1) is 7.71. The molecule has 0 spiro atoms. The lowest BCUT2D eigenvalue weighted by Gasteiger charge is -2.18. The molecule has 0 heterocycles. The molecule has 2 rings (SSSR count). The second-order valence-corrected chi connectivity index (χ2v) is 4.44. The zero-order valence-corrected chi connectivity index (χ0v) is 10.1. The fraction of sp³-hybridized carbons (Fsp3) is 0.538. The normalized spacial score (nSPS) is 16.9. The number of rotatable bonds is 5. The zero-order valence-electron chi connectivity index (χ0n) is 10.1. The first-order valence-electron chi connectivity index (χ1n) is 5.50. The van der Waals surface area contributed by atoms with Crippen molar-refractivity contribution < 1.29 is 14.2 Å². The van der Waals surface area contributed by atoms with Gasteiger partial charge in [-0.05, 0) is 30.4 Å². The number of ether oxygens (including phenoxy) is 3. The second kappa shape index (κ2) is 4.34. The summed E-state index contributed by atoms with van der Waals surface area (Å²) in [5.74, 6) is 1.79. The van der Waals surface area contributed by atoms with E-state index in [1.165, 1.54) is 18.4 Å². The molecule has 0 atom stereocenters. The van der Waals surface area contributed by atoms with E-state index in [9.17, 15) is 0 Å². The summed E-state index contributed by atoms with van der Waals surface area (Å²) in [6.45, 7) is 2.51. The second-order valence-electron chi connectivity index (χ2n) is 4.44. The molecule has 3 heteroatoms. The van der Waals surface area contributed by atoms with Crippen molar-refractivity contribution >= 4 is 0 Å². The van der Waals surface area contributed by atoms with Crippen LogP contribution in [-0.2, 0) is 10.2 Å². The lowest BCUT2D eigenvalue weighted by molar-refractivity contribution is 0.0499. The Balaban J connectivity index is 2.35. The van der Waals surface area contributed by atoms with Crippen molar-refractivity contribution in [2.24, 2.45) is 0 Å². The van der Waals surface area contributed by atoms with E-state index in [1.54, 1.807) is 14.2 Å². The van der Waals surface area contributed by atoms with Crippen LogP contribution in [0.3, 0.4) is 0 Å². The van der Waals surface area contributed by atoms with Gasteiger partial charge in [0.25, 0.3) is 0 Å². The minimum absolute atomic E-state index is 0.218. The van der Waals surface area contributed by atoms with Gasteiger partial charge in [0.05, 0.1) is 7.11 Å². The monoisotopic (exact) mass is 222 g/mol. The molecule has 1 aromatic carbocycles. The van der Waals surface area contributed by atoms with Crippen LogP contribution in [0.15, 0.2) is 18.2 Å². The maximum atomic E-state index is 5.59. The van der Waals surface area contributed by atoms with E-state index in [0.29, 0.717) is 0 Å². The highest BCUT2D eigenvalue weighted by Crippen LogP contribution is 2.54. The Morgan fingerprint density at radius 1 is 1.19 bits per heavy atom. The molecule has 16 heavy (non-hydrogen) atoms. The van der Waals surface area contributed by atoms with Gasteiger partial charge in [0, 0.05) is 12.7 Å². The highest BCUT2D eigenvalue weighted by atomic mass is 16.7. The fourth-order valence-electron chi connectivity index (χ4n) is 1.96. The summed E-state index contributed by atoms with van der Waals surface area (Å²) in [4.78, 5) is 0. The van der Waals surface area contributed by atoms with Crippen molar-refractivity contribution in [3.05, 3.63) is 23.8 Å². The summed E-state index contributed by atoms with van der Waals surface area (Å²) in [6.07, 6.45) is 2.38. The maximum absolute atomic E-state index is 5.59. The molecule has 0 N–H and O–H groups in total. The summed E-state index contributed by atoms with van der Waals surface area (Å²) in [5, 5.41) is 0. The zero-order chi connectivity index (χ0) is 11.6. The van der Waals surface area contributed by atoms with Crippen LogP contribution in [-0.4, -0.2) is 21.0 Å². The van der Waals surface area contributed by atoms with E-state index in [2.05, 4.69) is 6.92 Å². The number of hydrogen-bond donors (Lipinski definition) is 0. The molecule has 0 radical (unpaired) electrons. The van der Waals surface area contributed by atoms with Gasteiger partial charge < -0.3 is 14.2 Å². The largest absolute Gasteiger partial charge is 0.496 e. The van der Waals surface area contributed by atoms with Crippen molar-refractivity contribution in [1.82, 2.24) is 0 Å². The summed E-state index contributed by atoms with van der Waals surface area (Å²) in [7, 11) is 3.32. The number of hydrogen-bond acceptors (Lipinski definition) is 3. The van der Waals surface area contributed by atoms with Crippen LogP contribution in [0.1, 0.15) is 25.3 Å². The van der Waals surface area contributed by atoms with Crippen LogP contribution >= 0.6 is 0 Å². The first kappa shape index (κ1) is 11.3. The highest BCUT2D eigenvalue weighted by molar-refractivity contribution is 5.51. The van der Waals surface area contributed by atoms with Gasteiger partial charge in [0.15, 0.2) is 6.79 Å². The van der Waals surface area contributed by atoms with Crippen LogP contribution in [0, 0.1) is 0 Å². The van der Waals surface area contributed by atoms with Crippen LogP contribution in [0.25, 0.3) is 0 Å². The van der Waals surface area contributed by atoms with Gasteiger partial charge in [-0.2, -0.15) is 0 Å². The quantitative estimate of drug-likeness (QED) is 0.717. The maximum Gasteiger partial charge on any atom is 0.188 e. The molecule has 1 aliphatic rings. The fourth-order valence-corrected chi connectivity index (χ4v) is 1.96. The molecule has 0 bridgehead atoms. The van der Waals surface area contributed by atoms with Crippen molar-refractivity contribution in [1.29, 1.82) is 0 Å². The molecule has 88 valence electrons. The molecular weight excluding hydrogens is 204 g/mol. The topological polar surface area (TPSA) is 27.7 Å². The minimum atomic E-state index is 0.218. The van der Waals surface area contributed by atoms with Gasteiger partial charge in [0.1, 0.15) is 11.5 Å². The number of methoxy groups -OCH3 is 2. The van der Waals surface area contributed by atoms with E-state index in [0.717, 1.165) is 11.5 Å². The highest BCUT2D eigenvalue weighted by Gasteiger charge is 2.43. The molecule has 1 aliphatic carbocycles. The van der Waals surface area contributed by atoms with Crippen LogP contribution in [0.5, 0.6) is 11.5 Å². The van der Waals surface area contributed by atoms with Gasteiger partial charge >= 0.3 is 0 Å². The molecule has 1 fully saturated rings. The lowest BCUT2D eigenvalue weighted by Crippen LogP contribution is -2.08. The molecule has 0 aromatic heterocycles. The molecule has 0 unspecified atom stereocenters. The Bertz CT molecular complexity index is 369. The van der Waals surface area contributed by atoms with Gasteiger partial charge in [-0.15, -0.1) is 0 Å². The van der Waals surface area contributed by atoms with E-state index in [1.807, 2.05) is 18.2 Å². The van der Waals surface area contributed by atoms with Crippen molar-refractivity contribution in [3.8, 4) is 11.5 Å². The molecular formula is C13H18O3. The van der Waals surface area contributed by atoms with Gasteiger partial charge in [-0.1, -0.05) is 13.0 Å². The Morgan fingerprint density at radius 2 is 1.88 bits per heavy atom. The van der Waals surface area contributed by atoms with E-state index in [4.69, 9.17) is 14.2 Å². The average Bonchev–Trinajstić information content (AvgIpc) is 3.05. The summed E-state index contributed by atoms with van der Waals surface area (Å²) in [5.41, 5.74) is 1.39. The van der Waals surface area contributed by atoms with Gasteiger partial charge in [0.2, 0.25) is 0 Å². The predicted molar refractivity (Wildman–Crippen MR) is 62.1 cm³/mol. The standard InChI is InChI=1S/C13H18O3/c1-13(7-8-13)12-10(15-3)5-4-6-11(12)16-9-14-2/h4-6H,7-9H2,1-3H3. The van der Waals surface area contributed by atoms with Crippen molar-refractivity contribution in [3.63, 3.8) is 0 Å². The minimum Gasteiger partial charge on any atom is -0.496 e. The molecule has 0 amide bonds. The van der Waals surface area contributed by atoms with Crippen LogP contribution < -0.4 is 9.47 Å². The third kappa shape index (κ3) is 2.00. The average molecular weight is 222 g/mol. The third-order valence-electron chi connectivity index (χ3n) is 3.14. The molecule has 0 aliphatic heterocycles. The summed E-state index contributed by atoms with van der Waals surface area (Å²) < 4.78 is 15.9. The van der Waals surface area contributed by atoms with Gasteiger partial charge in [-0.3, -0.25) is 0 Å². The smallest absolute Gasteiger partial charge is 0.188 e. The molecule has 3 nitrogen and oxygen atoms in total. The lowest BCUT2D eigenvalue weighted by atomic mass is 9.96. The van der Waals surface area contributed by atoms with E-state index in [-0.39, 0.29) is 12.2 Å². The SMILES string of the molecule is COCOc1cccc(OC)c1C1(C)CC1. The van der Waals surface area contributed by atoms with E-state index < -0.39 is 0 Å². The molecule has 1 aromatic rings. The Labute approximate surface area is 96.3 Å². The summed E-state index contributed by atoms with van der Waals surface area (Å²) >= 11 is 0. The Morgan fingerprint density at radius 3 is 2.44 bits per heavy atom. The van der Waals surface area contributed by atoms with Crippen LogP contribution in [0.4, 0.5) is 0 Å². The van der Waals surface area contributed by atoms with Crippen molar-refractivity contribution in [2.75, 3.05) is 21.0 Å². The predicted octanol–water partition coefficient (Wildman–Crippen LogP) is 2.73. The van der Waals surface area contributed by atoms with Crippen LogP contribution in [0.2, 0.25) is 0 Å². The first-order valence-corrected chi connectivity index (χ1v) is 5.50.